The van der Waals surface area contributed by atoms with Gasteiger partial charge in [0.1, 0.15) is 11.0 Å². The Morgan fingerprint density at radius 2 is 2.50 bits per heavy atom. The van der Waals surface area contributed by atoms with Crippen molar-refractivity contribution < 1.29 is 0 Å². The van der Waals surface area contributed by atoms with Gasteiger partial charge >= 0.3 is 0 Å². The molecule has 0 saturated carbocycles. The summed E-state index contributed by atoms with van der Waals surface area (Å²) in [6.45, 7) is 2.87. The van der Waals surface area contributed by atoms with Crippen molar-refractivity contribution in [3.8, 4) is 0 Å². The third-order valence-corrected chi connectivity index (χ3v) is 3.05. The Morgan fingerprint density at radius 1 is 1.71 bits per heavy atom. The van der Waals surface area contributed by atoms with Crippen molar-refractivity contribution in [1.29, 1.82) is 0 Å². The monoisotopic (exact) mass is 214 g/mol. The number of aromatic nitrogens is 2. The fourth-order valence-corrected chi connectivity index (χ4v) is 1.92. The topological polar surface area (TPSA) is 47.1 Å². The molecule has 0 aliphatic carbocycles. The molecule has 2 heterocycles. The number of likely N-dealkylation sites (tertiary alicyclic amines) is 1. The van der Waals surface area contributed by atoms with E-state index in [9.17, 15) is 0 Å². The van der Waals surface area contributed by atoms with Crippen molar-refractivity contribution >= 4 is 11.6 Å². The van der Waals surface area contributed by atoms with Crippen molar-refractivity contribution in [1.82, 2.24) is 14.5 Å². The van der Waals surface area contributed by atoms with Gasteiger partial charge in [0, 0.05) is 26.2 Å². The first kappa shape index (κ1) is 9.96. The van der Waals surface area contributed by atoms with Crippen LogP contribution in [0.4, 0.5) is 0 Å². The van der Waals surface area contributed by atoms with Gasteiger partial charge in [-0.3, -0.25) is 4.90 Å². The van der Waals surface area contributed by atoms with Crippen LogP contribution in [0.3, 0.4) is 0 Å². The first-order chi connectivity index (χ1) is 6.66. The lowest BCUT2D eigenvalue weighted by molar-refractivity contribution is 0.314. The second kappa shape index (κ2) is 3.88. The molecule has 2 rings (SSSR count). The van der Waals surface area contributed by atoms with Crippen LogP contribution in [0.25, 0.3) is 0 Å². The summed E-state index contributed by atoms with van der Waals surface area (Å²) >= 11 is 5.90. The third kappa shape index (κ3) is 1.92. The van der Waals surface area contributed by atoms with E-state index in [1.54, 1.807) is 6.20 Å². The van der Waals surface area contributed by atoms with Crippen LogP contribution >= 0.6 is 11.6 Å². The molecule has 2 N–H and O–H groups in total. The van der Waals surface area contributed by atoms with Crippen LogP contribution in [0.5, 0.6) is 0 Å². The average molecular weight is 215 g/mol. The van der Waals surface area contributed by atoms with Crippen LogP contribution in [0.15, 0.2) is 6.20 Å². The Bertz CT molecular complexity index is 323. The van der Waals surface area contributed by atoms with Crippen LogP contribution in [-0.2, 0) is 13.6 Å². The molecule has 1 atom stereocenters. The van der Waals surface area contributed by atoms with Gasteiger partial charge in [-0.05, 0) is 6.42 Å². The van der Waals surface area contributed by atoms with E-state index in [0.29, 0.717) is 11.2 Å². The number of hydrogen-bond acceptors (Lipinski definition) is 3. The van der Waals surface area contributed by atoms with Crippen molar-refractivity contribution in [3.05, 3.63) is 17.2 Å². The summed E-state index contributed by atoms with van der Waals surface area (Å²) in [4.78, 5) is 6.56. The van der Waals surface area contributed by atoms with Crippen LogP contribution in [0, 0.1) is 0 Å². The van der Waals surface area contributed by atoms with E-state index < -0.39 is 0 Å². The third-order valence-electron chi connectivity index (χ3n) is 2.70. The summed E-state index contributed by atoms with van der Waals surface area (Å²) in [5.74, 6) is 1.00. The van der Waals surface area contributed by atoms with E-state index in [2.05, 4.69) is 9.88 Å². The van der Waals surface area contributed by atoms with E-state index >= 15 is 0 Å². The highest BCUT2D eigenvalue weighted by molar-refractivity contribution is 6.29. The lowest BCUT2D eigenvalue weighted by atomic mass is 10.3. The second-order valence-corrected chi connectivity index (χ2v) is 4.23. The molecular weight excluding hydrogens is 200 g/mol. The molecule has 1 aliphatic rings. The van der Waals surface area contributed by atoms with E-state index in [1.165, 1.54) is 0 Å². The van der Waals surface area contributed by atoms with E-state index in [1.807, 2.05) is 11.6 Å². The lowest BCUT2D eigenvalue weighted by Gasteiger charge is -2.14. The molecule has 1 unspecified atom stereocenters. The maximum atomic E-state index is 5.90. The zero-order valence-corrected chi connectivity index (χ0v) is 9.04. The molecule has 0 spiro atoms. The smallest absolute Gasteiger partial charge is 0.128 e. The fourth-order valence-electron chi connectivity index (χ4n) is 1.78. The number of hydrogen-bond donors (Lipinski definition) is 1. The second-order valence-electron chi connectivity index (χ2n) is 3.84. The highest BCUT2D eigenvalue weighted by Crippen LogP contribution is 2.14. The zero-order chi connectivity index (χ0) is 10.1. The Kier molecular flexibility index (Phi) is 2.76. The molecule has 4 nitrogen and oxygen atoms in total. The minimum absolute atomic E-state index is 0.325. The van der Waals surface area contributed by atoms with Crippen LogP contribution in [0.1, 0.15) is 12.2 Å². The van der Waals surface area contributed by atoms with Crippen molar-refractivity contribution in [2.75, 3.05) is 13.1 Å². The van der Waals surface area contributed by atoms with Gasteiger partial charge in [0.2, 0.25) is 0 Å². The van der Waals surface area contributed by atoms with Gasteiger partial charge in [0.05, 0.1) is 12.7 Å². The Labute approximate surface area is 88.7 Å². The number of nitrogens with two attached hydrogens (primary N) is 1. The molecule has 5 heteroatoms. The number of rotatable bonds is 2. The summed E-state index contributed by atoms with van der Waals surface area (Å²) in [6, 6.07) is 0.325. The molecular formula is C9H15ClN4. The Hall–Kier alpha value is -0.580. The van der Waals surface area contributed by atoms with Crippen molar-refractivity contribution in [3.63, 3.8) is 0 Å². The van der Waals surface area contributed by atoms with Crippen LogP contribution in [-0.4, -0.2) is 33.6 Å². The van der Waals surface area contributed by atoms with E-state index in [4.69, 9.17) is 17.3 Å². The first-order valence-corrected chi connectivity index (χ1v) is 5.18. The molecule has 1 aromatic heterocycles. The van der Waals surface area contributed by atoms with Crippen molar-refractivity contribution in [2.24, 2.45) is 12.8 Å². The maximum absolute atomic E-state index is 5.90. The predicted octanol–water partition coefficient (Wildman–Crippen LogP) is 0.607. The number of halogens is 1. The summed E-state index contributed by atoms with van der Waals surface area (Å²) in [6.07, 6.45) is 2.77. The SMILES string of the molecule is Cn1c(Cl)cnc1CN1CCC(N)C1. The number of imidazole rings is 1. The molecule has 0 bridgehead atoms. The summed E-state index contributed by atoms with van der Waals surface area (Å²) in [5, 5.41) is 0.684. The quantitative estimate of drug-likeness (QED) is 0.785. The normalized spacial score (nSPS) is 23.2. The molecule has 0 amide bonds. The minimum atomic E-state index is 0.325. The molecule has 78 valence electrons. The zero-order valence-electron chi connectivity index (χ0n) is 8.28. The lowest BCUT2D eigenvalue weighted by Crippen LogP contribution is -2.27. The Balaban J connectivity index is 2.01. The van der Waals surface area contributed by atoms with Crippen molar-refractivity contribution in [2.45, 2.75) is 19.0 Å². The van der Waals surface area contributed by atoms with E-state index in [0.717, 1.165) is 31.9 Å². The summed E-state index contributed by atoms with van der Waals surface area (Å²) < 4.78 is 1.91. The standard InChI is InChI=1S/C9H15ClN4/c1-13-8(10)4-12-9(13)6-14-3-2-7(11)5-14/h4,7H,2-3,5-6,11H2,1H3. The van der Waals surface area contributed by atoms with Gasteiger partial charge in [-0.2, -0.15) is 0 Å². The average Bonchev–Trinajstić information content (AvgIpc) is 2.67. The van der Waals surface area contributed by atoms with Gasteiger partial charge in [0.25, 0.3) is 0 Å². The number of nitrogens with zero attached hydrogens (tertiary/aromatic N) is 3. The highest BCUT2D eigenvalue weighted by Gasteiger charge is 2.20. The van der Waals surface area contributed by atoms with Gasteiger partial charge in [-0.1, -0.05) is 11.6 Å². The summed E-state index contributed by atoms with van der Waals surface area (Å²) in [5.41, 5.74) is 5.83. The van der Waals surface area contributed by atoms with Crippen LogP contribution in [0.2, 0.25) is 5.15 Å². The van der Waals surface area contributed by atoms with Gasteiger partial charge < -0.3 is 10.3 Å². The highest BCUT2D eigenvalue weighted by atomic mass is 35.5. The van der Waals surface area contributed by atoms with Gasteiger partial charge in [-0.15, -0.1) is 0 Å². The predicted molar refractivity (Wildman–Crippen MR) is 56.1 cm³/mol. The summed E-state index contributed by atoms with van der Waals surface area (Å²) in [7, 11) is 1.93. The molecule has 14 heavy (non-hydrogen) atoms. The van der Waals surface area contributed by atoms with E-state index in [-0.39, 0.29) is 0 Å². The fraction of sp³-hybridized carbons (Fsp3) is 0.667. The molecule has 0 aromatic carbocycles. The van der Waals surface area contributed by atoms with Gasteiger partial charge in [-0.25, -0.2) is 4.98 Å². The Morgan fingerprint density at radius 3 is 3.00 bits per heavy atom. The maximum Gasteiger partial charge on any atom is 0.128 e. The van der Waals surface area contributed by atoms with Crippen LogP contribution < -0.4 is 5.73 Å². The van der Waals surface area contributed by atoms with Gasteiger partial charge in [0.15, 0.2) is 0 Å². The largest absolute Gasteiger partial charge is 0.326 e. The first-order valence-electron chi connectivity index (χ1n) is 4.81. The molecule has 1 saturated heterocycles. The minimum Gasteiger partial charge on any atom is -0.326 e. The molecule has 0 radical (unpaired) electrons. The molecule has 1 fully saturated rings. The molecule has 1 aliphatic heterocycles. The molecule has 1 aromatic rings.